The van der Waals surface area contributed by atoms with E-state index < -0.39 is 0 Å². The number of nitrogens with one attached hydrogen (secondary N) is 1. The molecular weight excluding hydrogens is 298 g/mol. The fourth-order valence-corrected chi connectivity index (χ4v) is 2.39. The summed E-state index contributed by atoms with van der Waals surface area (Å²) in [6, 6.07) is 13.5. The largest absolute Gasteiger partial charge is 0.491 e. The highest BCUT2D eigenvalue weighted by atomic mass is 35.5. The van der Waals surface area contributed by atoms with Crippen molar-refractivity contribution in [2.75, 3.05) is 18.5 Å². The molecule has 0 aliphatic heterocycles. The monoisotopic (exact) mass is 313 g/mol. The van der Waals surface area contributed by atoms with Crippen molar-refractivity contribution < 1.29 is 4.74 Å². The molecule has 4 nitrogen and oxygen atoms in total. The second-order valence-corrected chi connectivity index (χ2v) is 5.36. The number of anilines is 1. The summed E-state index contributed by atoms with van der Waals surface area (Å²) < 4.78 is 5.76. The summed E-state index contributed by atoms with van der Waals surface area (Å²) >= 11 is 6.04. The molecule has 3 aromatic rings. The van der Waals surface area contributed by atoms with Gasteiger partial charge in [-0.15, -0.1) is 0 Å². The van der Waals surface area contributed by atoms with E-state index in [0.29, 0.717) is 18.2 Å². The van der Waals surface area contributed by atoms with Crippen LogP contribution in [-0.4, -0.2) is 23.1 Å². The van der Waals surface area contributed by atoms with Gasteiger partial charge in [-0.25, -0.2) is 9.97 Å². The maximum Gasteiger partial charge on any atom is 0.137 e. The van der Waals surface area contributed by atoms with E-state index in [4.69, 9.17) is 16.3 Å². The SMILES string of the molecule is Cc1ccccc1OCCNc1ncnc2ccc(Cl)cc12. The fraction of sp³-hybridized carbons (Fsp3) is 0.176. The first-order valence-corrected chi connectivity index (χ1v) is 7.44. The third-order valence-corrected chi connectivity index (χ3v) is 3.58. The van der Waals surface area contributed by atoms with Gasteiger partial charge in [0, 0.05) is 10.4 Å². The highest BCUT2D eigenvalue weighted by Crippen LogP contribution is 2.23. The summed E-state index contributed by atoms with van der Waals surface area (Å²) in [5.74, 6) is 1.67. The Hall–Kier alpha value is -2.33. The first-order valence-electron chi connectivity index (χ1n) is 7.06. The Balaban J connectivity index is 1.65. The zero-order valence-electron chi connectivity index (χ0n) is 12.2. The number of fused-ring (bicyclic) bond motifs is 1. The van der Waals surface area contributed by atoms with E-state index in [-0.39, 0.29) is 0 Å². The average Bonchev–Trinajstić information content (AvgIpc) is 2.53. The van der Waals surface area contributed by atoms with Gasteiger partial charge >= 0.3 is 0 Å². The van der Waals surface area contributed by atoms with Gasteiger partial charge in [0.2, 0.25) is 0 Å². The minimum absolute atomic E-state index is 0.552. The third-order valence-electron chi connectivity index (χ3n) is 3.34. The van der Waals surface area contributed by atoms with Gasteiger partial charge in [0.15, 0.2) is 0 Å². The molecule has 0 fully saturated rings. The molecule has 0 atom stereocenters. The van der Waals surface area contributed by atoms with Crippen LogP contribution in [0.15, 0.2) is 48.8 Å². The Kier molecular flexibility index (Phi) is 4.39. The van der Waals surface area contributed by atoms with Gasteiger partial charge < -0.3 is 10.1 Å². The Morgan fingerprint density at radius 1 is 1.14 bits per heavy atom. The molecule has 0 aliphatic carbocycles. The minimum Gasteiger partial charge on any atom is -0.491 e. The van der Waals surface area contributed by atoms with Crippen LogP contribution in [0.2, 0.25) is 5.02 Å². The summed E-state index contributed by atoms with van der Waals surface area (Å²) in [7, 11) is 0. The minimum atomic E-state index is 0.552. The normalized spacial score (nSPS) is 10.6. The van der Waals surface area contributed by atoms with Crippen LogP contribution >= 0.6 is 11.6 Å². The van der Waals surface area contributed by atoms with Crippen molar-refractivity contribution in [3.63, 3.8) is 0 Å². The van der Waals surface area contributed by atoms with E-state index in [9.17, 15) is 0 Å². The first-order chi connectivity index (χ1) is 10.7. The van der Waals surface area contributed by atoms with E-state index in [1.807, 2.05) is 49.4 Å². The molecule has 3 rings (SSSR count). The molecule has 0 radical (unpaired) electrons. The third kappa shape index (κ3) is 3.28. The van der Waals surface area contributed by atoms with Crippen molar-refractivity contribution in [1.29, 1.82) is 0 Å². The molecule has 0 amide bonds. The van der Waals surface area contributed by atoms with Crippen molar-refractivity contribution in [2.24, 2.45) is 0 Å². The van der Waals surface area contributed by atoms with Crippen molar-refractivity contribution in [2.45, 2.75) is 6.92 Å². The Morgan fingerprint density at radius 3 is 2.86 bits per heavy atom. The lowest BCUT2D eigenvalue weighted by Gasteiger charge is -2.11. The van der Waals surface area contributed by atoms with Gasteiger partial charge in [0.1, 0.15) is 24.5 Å². The molecule has 0 spiro atoms. The zero-order chi connectivity index (χ0) is 15.4. The predicted molar refractivity (Wildman–Crippen MR) is 89.7 cm³/mol. The summed E-state index contributed by atoms with van der Waals surface area (Å²) in [5.41, 5.74) is 1.99. The molecule has 2 aromatic carbocycles. The molecule has 0 unspecified atom stereocenters. The van der Waals surface area contributed by atoms with Crippen LogP contribution in [0.1, 0.15) is 5.56 Å². The van der Waals surface area contributed by atoms with E-state index in [0.717, 1.165) is 28.0 Å². The van der Waals surface area contributed by atoms with E-state index in [1.54, 1.807) is 6.33 Å². The number of hydrogen-bond donors (Lipinski definition) is 1. The van der Waals surface area contributed by atoms with Gasteiger partial charge in [-0.05, 0) is 36.8 Å². The fourth-order valence-electron chi connectivity index (χ4n) is 2.22. The number of rotatable bonds is 5. The second-order valence-electron chi connectivity index (χ2n) is 4.92. The summed E-state index contributed by atoms with van der Waals surface area (Å²) in [4.78, 5) is 8.50. The van der Waals surface area contributed by atoms with Crippen LogP contribution in [0, 0.1) is 6.92 Å². The number of benzene rings is 2. The number of nitrogens with zero attached hydrogens (tertiary/aromatic N) is 2. The van der Waals surface area contributed by atoms with Gasteiger partial charge in [0.05, 0.1) is 12.1 Å². The van der Waals surface area contributed by atoms with Crippen LogP contribution in [0.4, 0.5) is 5.82 Å². The van der Waals surface area contributed by atoms with Crippen molar-refractivity contribution in [1.82, 2.24) is 9.97 Å². The summed E-state index contributed by atoms with van der Waals surface area (Å²) in [6.45, 7) is 3.23. The van der Waals surface area contributed by atoms with Gasteiger partial charge in [-0.3, -0.25) is 0 Å². The lowest BCUT2D eigenvalue weighted by Crippen LogP contribution is -2.13. The first kappa shape index (κ1) is 14.6. The second kappa shape index (κ2) is 6.62. The van der Waals surface area contributed by atoms with Gasteiger partial charge in [0.25, 0.3) is 0 Å². The number of halogens is 1. The molecule has 1 heterocycles. The number of ether oxygens (including phenoxy) is 1. The van der Waals surface area contributed by atoms with Crippen LogP contribution in [0.5, 0.6) is 5.75 Å². The number of aromatic nitrogens is 2. The standard InChI is InChI=1S/C17H16ClN3O/c1-12-4-2-3-5-16(12)22-9-8-19-17-14-10-13(18)6-7-15(14)20-11-21-17/h2-7,10-11H,8-9H2,1H3,(H,19,20,21). The molecule has 22 heavy (non-hydrogen) atoms. The van der Waals surface area contributed by atoms with Crippen molar-refractivity contribution >= 4 is 28.3 Å². The van der Waals surface area contributed by atoms with Crippen LogP contribution < -0.4 is 10.1 Å². The number of para-hydroxylation sites is 1. The summed E-state index contributed by atoms with van der Waals surface area (Å²) in [6.07, 6.45) is 1.54. The Bertz CT molecular complexity index is 792. The molecule has 5 heteroatoms. The quantitative estimate of drug-likeness (QED) is 0.721. The molecule has 112 valence electrons. The number of aryl methyl sites for hydroxylation is 1. The van der Waals surface area contributed by atoms with E-state index in [2.05, 4.69) is 15.3 Å². The topological polar surface area (TPSA) is 47.0 Å². The lowest BCUT2D eigenvalue weighted by molar-refractivity contribution is 0.330. The smallest absolute Gasteiger partial charge is 0.137 e. The van der Waals surface area contributed by atoms with Crippen molar-refractivity contribution in [3.05, 3.63) is 59.4 Å². The molecule has 0 saturated heterocycles. The molecule has 0 bridgehead atoms. The zero-order valence-corrected chi connectivity index (χ0v) is 13.0. The molecule has 0 saturated carbocycles. The molecule has 1 aromatic heterocycles. The highest BCUT2D eigenvalue weighted by molar-refractivity contribution is 6.31. The highest BCUT2D eigenvalue weighted by Gasteiger charge is 2.04. The Labute approximate surface area is 134 Å². The summed E-state index contributed by atoms with van der Waals surface area (Å²) in [5, 5.41) is 4.85. The predicted octanol–water partition coefficient (Wildman–Crippen LogP) is 4.08. The maximum atomic E-state index is 6.04. The van der Waals surface area contributed by atoms with E-state index in [1.165, 1.54) is 0 Å². The molecule has 0 aliphatic rings. The average molecular weight is 314 g/mol. The van der Waals surface area contributed by atoms with Crippen LogP contribution in [0.3, 0.4) is 0 Å². The lowest BCUT2D eigenvalue weighted by atomic mass is 10.2. The van der Waals surface area contributed by atoms with Crippen LogP contribution in [-0.2, 0) is 0 Å². The molecular formula is C17H16ClN3O. The Morgan fingerprint density at radius 2 is 2.00 bits per heavy atom. The van der Waals surface area contributed by atoms with Crippen molar-refractivity contribution in [3.8, 4) is 5.75 Å². The van der Waals surface area contributed by atoms with Gasteiger partial charge in [-0.1, -0.05) is 29.8 Å². The van der Waals surface area contributed by atoms with Crippen LogP contribution in [0.25, 0.3) is 10.9 Å². The van der Waals surface area contributed by atoms with Gasteiger partial charge in [-0.2, -0.15) is 0 Å². The molecule has 1 N–H and O–H groups in total. The number of hydrogen-bond acceptors (Lipinski definition) is 4. The maximum absolute atomic E-state index is 6.04. The van der Waals surface area contributed by atoms with E-state index >= 15 is 0 Å².